The molecule has 1 aromatic carbocycles. The van der Waals surface area contributed by atoms with Gasteiger partial charge in [0.2, 0.25) is 0 Å². The molecule has 1 aromatic rings. The van der Waals surface area contributed by atoms with Crippen LogP contribution < -0.4 is 4.74 Å². The third-order valence-corrected chi connectivity index (χ3v) is 4.14. The number of ether oxygens (including phenoxy) is 1. The maximum absolute atomic E-state index is 5.66. The Bertz CT molecular complexity index is 559. The summed E-state index contributed by atoms with van der Waals surface area (Å²) in [5.41, 5.74) is 6.72. The summed E-state index contributed by atoms with van der Waals surface area (Å²) in [6, 6.07) is 4.45. The van der Waals surface area contributed by atoms with Gasteiger partial charge in [-0.1, -0.05) is 54.8 Å². The fourth-order valence-electron chi connectivity index (χ4n) is 2.95. The van der Waals surface area contributed by atoms with Crippen LogP contribution in [0.4, 0.5) is 0 Å². The number of hydrogen-bond acceptors (Lipinski definition) is 1. The van der Waals surface area contributed by atoms with Gasteiger partial charge in [-0.05, 0) is 32.8 Å². The highest BCUT2D eigenvalue weighted by molar-refractivity contribution is 5.52. The molecule has 1 nitrogen and oxygen atoms in total. The van der Waals surface area contributed by atoms with Gasteiger partial charge in [-0.15, -0.1) is 0 Å². The molecule has 0 heterocycles. The Balaban J connectivity index is 2.52. The van der Waals surface area contributed by atoms with Crippen molar-refractivity contribution in [3.8, 4) is 5.75 Å². The standard InChI is InChI=1S/C18H24O/c1-12-7-8-15(10-12)18(4,5)16-11-13(2)9-14(3)17(16)19-6/h7-9,11H,10H2,1-6H3. The minimum absolute atomic E-state index is 0.0103. The van der Waals surface area contributed by atoms with E-state index in [0.29, 0.717) is 0 Å². The molecular weight excluding hydrogens is 232 g/mol. The average Bonchev–Trinajstić information content (AvgIpc) is 2.75. The third-order valence-electron chi connectivity index (χ3n) is 4.14. The summed E-state index contributed by atoms with van der Waals surface area (Å²) in [5.74, 6) is 1.03. The molecule has 2 rings (SSSR count). The minimum atomic E-state index is 0.0103. The largest absolute Gasteiger partial charge is 0.496 e. The molecule has 0 saturated carbocycles. The van der Waals surface area contributed by atoms with Crippen molar-refractivity contribution in [1.29, 1.82) is 0 Å². The van der Waals surface area contributed by atoms with Gasteiger partial charge in [0.1, 0.15) is 5.75 Å². The van der Waals surface area contributed by atoms with Crippen molar-refractivity contribution in [1.82, 2.24) is 0 Å². The van der Waals surface area contributed by atoms with E-state index in [-0.39, 0.29) is 5.41 Å². The van der Waals surface area contributed by atoms with Crippen LogP contribution in [0.25, 0.3) is 0 Å². The Kier molecular flexibility index (Phi) is 3.58. The Labute approximate surface area is 117 Å². The molecule has 0 saturated heterocycles. The summed E-state index contributed by atoms with van der Waals surface area (Å²) < 4.78 is 5.66. The minimum Gasteiger partial charge on any atom is -0.496 e. The molecule has 0 amide bonds. The molecule has 0 radical (unpaired) electrons. The lowest BCUT2D eigenvalue weighted by Crippen LogP contribution is -2.21. The molecule has 0 N–H and O–H groups in total. The highest BCUT2D eigenvalue weighted by Crippen LogP contribution is 2.43. The van der Waals surface area contributed by atoms with Crippen molar-refractivity contribution >= 4 is 0 Å². The van der Waals surface area contributed by atoms with Crippen molar-refractivity contribution in [2.45, 2.75) is 46.5 Å². The quantitative estimate of drug-likeness (QED) is 0.750. The Morgan fingerprint density at radius 3 is 2.26 bits per heavy atom. The van der Waals surface area contributed by atoms with Crippen molar-refractivity contribution in [2.24, 2.45) is 0 Å². The fourth-order valence-corrected chi connectivity index (χ4v) is 2.95. The van der Waals surface area contributed by atoms with Gasteiger partial charge < -0.3 is 4.74 Å². The summed E-state index contributed by atoms with van der Waals surface area (Å²) in [6.45, 7) is 11.1. The second-order valence-electron chi connectivity index (χ2n) is 6.17. The van der Waals surface area contributed by atoms with E-state index in [2.05, 4.69) is 58.9 Å². The summed E-state index contributed by atoms with van der Waals surface area (Å²) in [4.78, 5) is 0. The number of benzene rings is 1. The van der Waals surface area contributed by atoms with Gasteiger partial charge in [-0.25, -0.2) is 0 Å². The van der Waals surface area contributed by atoms with E-state index in [1.165, 1.54) is 27.8 Å². The predicted octanol–water partition coefficient (Wildman–Crippen LogP) is 4.87. The van der Waals surface area contributed by atoms with Crippen molar-refractivity contribution in [3.63, 3.8) is 0 Å². The number of methoxy groups -OCH3 is 1. The van der Waals surface area contributed by atoms with E-state index in [1.807, 2.05) is 0 Å². The first-order valence-corrected chi connectivity index (χ1v) is 6.88. The zero-order valence-corrected chi connectivity index (χ0v) is 12.9. The van der Waals surface area contributed by atoms with E-state index < -0.39 is 0 Å². The van der Waals surface area contributed by atoms with E-state index in [0.717, 1.165) is 12.2 Å². The summed E-state index contributed by atoms with van der Waals surface area (Å²) in [5, 5.41) is 0. The van der Waals surface area contributed by atoms with Gasteiger partial charge in [-0.3, -0.25) is 0 Å². The second kappa shape index (κ2) is 4.88. The SMILES string of the molecule is COc1c(C)cc(C)cc1C(C)(C)C1=CC=C(C)C1. The molecule has 102 valence electrons. The summed E-state index contributed by atoms with van der Waals surface area (Å²) >= 11 is 0. The van der Waals surface area contributed by atoms with E-state index in [1.54, 1.807) is 7.11 Å². The molecule has 0 aromatic heterocycles. The van der Waals surface area contributed by atoms with Crippen LogP contribution in [0, 0.1) is 13.8 Å². The van der Waals surface area contributed by atoms with Gasteiger partial charge >= 0.3 is 0 Å². The van der Waals surface area contributed by atoms with Gasteiger partial charge in [0.05, 0.1) is 7.11 Å². The molecule has 0 spiro atoms. The van der Waals surface area contributed by atoms with Gasteiger partial charge in [0, 0.05) is 11.0 Å². The number of hydrogen-bond donors (Lipinski definition) is 0. The maximum Gasteiger partial charge on any atom is 0.125 e. The molecule has 0 fully saturated rings. The Morgan fingerprint density at radius 1 is 1.05 bits per heavy atom. The van der Waals surface area contributed by atoms with Gasteiger partial charge in [-0.2, -0.15) is 0 Å². The fraction of sp³-hybridized carbons (Fsp3) is 0.444. The van der Waals surface area contributed by atoms with E-state index in [9.17, 15) is 0 Å². The topological polar surface area (TPSA) is 9.23 Å². The molecule has 1 aliphatic carbocycles. The maximum atomic E-state index is 5.66. The first kappa shape index (κ1) is 13.9. The molecular formula is C18H24O. The summed E-state index contributed by atoms with van der Waals surface area (Å²) in [6.07, 6.45) is 5.57. The number of rotatable bonds is 3. The van der Waals surface area contributed by atoms with E-state index >= 15 is 0 Å². The first-order valence-electron chi connectivity index (χ1n) is 6.88. The monoisotopic (exact) mass is 256 g/mol. The number of allylic oxidation sites excluding steroid dienone is 4. The van der Waals surface area contributed by atoms with Gasteiger partial charge in [0.15, 0.2) is 0 Å². The highest BCUT2D eigenvalue weighted by Gasteiger charge is 2.30. The third kappa shape index (κ3) is 2.47. The average molecular weight is 256 g/mol. The van der Waals surface area contributed by atoms with Crippen molar-refractivity contribution in [2.75, 3.05) is 7.11 Å². The summed E-state index contributed by atoms with van der Waals surface area (Å²) in [7, 11) is 1.77. The molecule has 1 aliphatic rings. The van der Waals surface area contributed by atoms with Crippen LogP contribution in [0.15, 0.2) is 35.4 Å². The molecule has 0 unspecified atom stereocenters. The van der Waals surface area contributed by atoms with Crippen molar-refractivity contribution < 1.29 is 4.74 Å². The van der Waals surface area contributed by atoms with Crippen LogP contribution in [0.5, 0.6) is 5.75 Å². The smallest absolute Gasteiger partial charge is 0.125 e. The van der Waals surface area contributed by atoms with E-state index in [4.69, 9.17) is 4.74 Å². The van der Waals surface area contributed by atoms with Crippen LogP contribution in [0.1, 0.15) is 43.9 Å². The molecule has 1 heteroatoms. The lowest BCUT2D eigenvalue weighted by atomic mass is 9.75. The second-order valence-corrected chi connectivity index (χ2v) is 6.17. The predicted molar refractivity (Wildman–Crippen MR) is 82.0 cm³/mol. The Hall–Kier alpha value is -1.50. The van der Waals surface area contributed by atoms with Crippen LogP contribution in [0.2, 0.25) is 0 Å². The van der Waals surface area contributed by atoms with Gasteiger partial charge in [0.25, 0.3) is 0 Å². The van der Waals surface area contributed by atoms with Crippen LogP contribution in [0.3, 0.4) is 0 Å². The molecule has 0 atom stereocenters. The highest BCUT2D eigenvalue weighted by atomic mass is 16.5. The normalized spacial score (nSPS) is 15.3. The first-order chi connectivity index (χ1) is 8.86. The molecule has 19 heavy (non-hydrogen) atoms. The lowest BCUT2D eigenvalue weighted by Gasteiger charge is -2.30. The van der Waals surface area contributed by atoms with Crippen LogP contribution in [-0.2, 0) is 5.41 Å². The zero-order valence-electron chi connectivity index (χ0n) is 12.9. The molecule has 0 bridgehead atoms. The molecule has 0 aliphatic heterocycles. The van der Waals surface area contributed by atoms with Crippen molar-refractivity contribution in [3.05, 3.63) is 52.1 Å². The van der Waals surface area contributed by atoms with Crippen LogP contribution in [-0.4, -0.2) is 7.11 Å². The lowest BCUT2D eigenvalue weighted by molar-refractivity contribution is 0.396. The number of aryl methyl sites for hydroxylation is 2. The van der Waals surface area contributed by atoms with Crippen LogP contribution >= 0.6 is 0 Å². The Morgan fingerprint density at radius 2 is 1.74 bits per heavy atom. The zero-order chi connectivity index (χ0) is 14.2.